The zero-order valence-corrected chi connectivity index (χ0v) is 12.1. The maximum atomic E-state index is 11.5. The summed E-state index contributed by atoms with van der Waals surface area (Å²) < 4.78 is 23.0. The third kappa shape index (κ3) is 3.09. The number of hydrogen-bond donors (Lipinski definition) is 2. The zero-order valence-electron chi connectivity index (χ0n) is 10.5. The van der Waals surface area contributed by atoms with Gasteiger partial charge >= 0.3 is 0 Å². The number of sulfonamides is 1. The van der Waals surface area contributed by atoms with Gasteiger partial charge in [-0.15, -0.1) is 0 Å². The molecule has 5 nitrogen and oxygen atoms in total. The minimum atomic E-state index is -3.82. The lowest BCUT2D eigenvalue weighted by Gasteiger charge is -2.33. The number of anilines is 1. The molecule has 1 aliphatic rings. The normalized spacial score (nSPS) is 19.7. The standard InChI is InChI=1S/C12H16ClN3O2S/c1-2-12-15-6-3-7-16(12)9-4-5-10(13)11(8-9)19(14,17)18/h3-5,7-8,12,15H,2,6H2,1H3,(H2,14,17,18). The summed E-state index contributed by atoms with van der Waals surface area (Å²) in [4.78, 5) is 1.91. The maximum absolute atomic E-state index is 11.5. The highest BCUT2D eigenvalue weighted by Crippen LogP contribution is 2.28. The quantitative estimate of drug-likeness (QED) is 0.890. The van der Waals surface area contributed by atoms with Gasteiger partial charge in [0.25, 0.3) is 0 Å². The smallest absolute Gasteiger partial charge is 0.239 e. The fraction of sp³-hybridized carbons (Fsp3) is 0.333. The van der Waals surface area contributed by atoms with Crippen LogP contribution in [0.2, 0.25) is 5.02 Å². The molecule has 3 N–H and O–H groups in total. The summed E-state index contributed by atoms with van der Waals surface area (Å²) in [6, 6.07) is 4.82. The molecule has 1 heterocycles. The molecule has 0 aliphatic carbocycles. The Hall–Kier alpha value is -1.08. The number of primary sulfonamides is 1. The van der Waals surface area contributed by atoms with Crippen molar-refractivity contribution in [3.8, 4) is 0 Å². The summed E-state index contributed by atoms with van der Waals surface area (Å²) in [6.07, 6.45) is 4.91. The Bertz CT molecular complexity index is 601. The molecular weight excluding hydrogens is 286 g/mol. The Labute approximate surface area is 118 Å². The fourth-order valence-electron chi connectivity index (χ4n) is 2.05. The third-order valence-electron chi connectivity index (χ3n) is 2.98. The topological polar surface area (TPSA) is 75.4 Å². The highest BCUT2D eigenvalue weighted by Gasteiger charge is 2.20. The van der Waals surface area contributed by atoms with Gasteiger partial charge in [-0.1, -0.05) is 24.6 Å². The van der Waals surface area contributed by atoms with Gasteiger partial charge in [-0.3, -0.25) is 5.32 Å². The Balaban J connectivity index is 2.46. The van der Waals surface area contributed by atoms with Gasteiger partial charge in [-0.05, 0) is 24.6 Å². The summed E-state index contributed by atoms with van der Waals surface area (Å²) in [5, 5.41) is 8.61. The lowest BCUT2D eigenvalue weighted by atomic mass is 10.2. The molecule has 0 radical (unpaired) electrons. The van der Waals surface area contributed by atoms with Gasteiger partial charge in [0.15, 0.2) is 0 Å². The average molecular weight is 302 g/mol. The number of hydrogen-bond acceptors (Lipinski definition) is 4. The molecule has 1 aromatic carbocycles. The minimum Gasteiger partial charge on any atom is -0.332 e. The summed E-state index contributed by atoms with van der Waals surface area (Å²) in [7, 11) is -3.82. The van der Waals surface area contributed by atoms with E-state index in [1.165, 1.54) is 6.07 Å². The van der Waals surface area contributed by atoms with Crippen molar-refractivity contribution in [3.05, 3.63) is 35.5 Å². The maximum Gasteiger partial charge on any atom is 0.239 e. The highest BCUT2D eigenvalue weighted by molar-refractivity contribution is 7.89. The van der Waals surface area contributed by atoms with Gasteiger partial charge in [0.05, 0.1) is 11.2 Å². The molecule has 0 fully saturated rings. The van der Waals surface area contributed by atoms with Gasteiger partial charge in [-0.25, -0.2) is 13.6 Å². The molecule has 1 aromatic rings. The fourth-order valence-corrected chi connectivity index (χ4v) is 3.12. The second-order valence-corrected chi connectivity index (χ2v) is 6.22. The largest absolute Gasteiger partial charge is 0.332 e. The molecular formula is C12H16ClN3O2S. The predicted molar refractivity (Wildman–Crippen MR) is 76.5 cm³/mol. The van der Waals surface area contributed by atoms with Crippen molar-refractivity contribution in [2.24, 2.45) is 5.14 Å². The van der Waals surface area contributed by atoms with Gasteiger partial charge in [-0.2, -0.15) is 0 Å². The number of halogens is 1. The van der Waals surface area contributed by atoms with Crippen LogP contribution in [0.15, 0.2) is 35.4 Å². The van der Waals surface area contributed by atoms with E-state index >= 15 is 0 Å². The van der Waals surface area contributed by atoms with E-state index in [0.29, 0.717) is 0 Å². The molecule has 0 saturated heterocycles. The van der Waals surface area contributed by atoms with Crippen molar-refractivity contribution in [2.75, 3.05) is 11.4 Å². The first-order valence-electron chi connectivity index (χ1n) is 5.94. The van der Waals surface area contributed by atoms with E-state index < -0.39 is 10.0 Å². The van der Waals surface area contributed by atoms with E-state index in [2.05, 4.69) is 12.2 Å². The third-order valence-corrected chi connectivity index (χ3v) is 4.37. The molecule has 0 bridgehead atoms. The number of nitrogens with one attached hydrogen (secondary N) is 1. The van der Waals surface area contributed by atoms with Crippen LogP contribution in [-0.4, -0.2) is 21.1 Å². The number of benzene rings is 1. The van der Waals surface area contributed by atoms with Gasteiger partial charge in [0.2, 0.25) is 10.0 Å². The molecule has 0 spiro atoms. The molecule has 1 atom stereocenters. The monoisotopic (exact) mass is 301 g/mol. The highest BCUT2D eigenvalue weighted by atomic mass is 35.5. The van der Waals surface area contributed by atoms with Gasteiger partial charge < -0.3 is 4.90 Å². The molecule has 7 heteroatoms. The lowest BCUT2D eigenvalue weighted by molar-refractivity contribution is 0.512. The zero-order chi connectivity index (χ0) is 14.0. The van der Waals surface area contributed by atoms with Crippen LogP contribution in [0, 0.1) is 0 Å². The van der Waals surface area contributed by atoms with Crippen molar-refractivity contribution < 1.29 is 8.42 Å². The number of nitrogens with zero attached hydrogens (tertiary/aromatic N) is 1. The van der Waals surface area contributed by atoms with Crippen LogP contribution in [0.5, 0.6) is 0 Å². The van der Waals surface area contributed by atoms with Gasteiger partial charge in [0.1, 0.15) is 4.90 Å². The van der Waals surface area contributed by atoms with E-state index in [9.17, 15) is 8.42 Å². The van der Waals surface area contributed by atoms with Crippen LogP contribution in [0.25, 0.3) is 0 Å². The first-order valence-corrected chi connectivity index (χ1v) is 7.86. The summed E-state index contributed by atoms with van der Waals surface area (Å²) in [6.45, 7) is 2.85. The van der Waals surface area contributed by atoms with E-state index in [1.807, 2.05) is 17.2 Å². The van der Waals surface area contributed by atoms with Crippen molar-refractivity contribution in [1.29, 1.82) is 0 Å². The second-order valence-electron chi connectivity index (χ2n) is 4.28. The van der Waals surface area contributed by atoms with Gasteiger partial charge in [0, 0.05) is 18.4 Å². The van der Waals surface area contributed by atoms with Crippen molar-refractivity contribution in [3.63, 3.8) is 0 Å². The second kappa shape index (κ2) is 5.50. The first-order chi connectivity index (χ1) is 8.93. The minimum absolute atomic E-state index is 0.0551. The van der Waals surface area contributed by atoms with E-state index in [-0.39, 0.29) is 16.1 Å². The Morgan fingerprint density at radius 3 is 2.89 bits per heavy atom. The molecule has 0 aromatic heterocycles. The van der Waals surface area contributed by atoms with E-state index in [1.54, 1.807) is 12.1 Å². The van der Waals surface area contributed by atoms with Crippen molar-refractivity contribution in [2.45, 2.75) is 24.4 Å². The SMILES string of the molecule is CCC1NCC=CN1c1ccc(Cl)c(S(N)(=O)=O)c1. The Morgan fingerprint density at radius 2 is 2.26 bits per heavy atom. The van der Waals surface area contributed by atoms with E-state index in [0.717, 1.165) is 18.7 Å². The summed E-state index contributed by atoms with van der Waals surface area (Å²) >= 11 is 5.88. The molecule has 0 saturated carbocycles. The molecule has 0 amide bonds. The van der Waals surface area contributed by atoms with Crippen molar-refractivity contribution >= 4 is 27.3 Å². The van der Waals surface area contributed by atoms with Crippen LogP contribution in [0.1, 0.15) is 13.3 Å². The van der Waals surface area contributed by atoms with E-state index in [4.69, 9.17) is 16.7 Å². The molecule has 1 unspecified atom stereocenters. The lowest BCUT2D eigenvalue weighted by Crippen LogP contribution is -2.45. The number of rotatable bonds is 3. The first kappa shape index (κ1) is 14.3. The predicted octanol–water partition coefficient (Wildman–Crippen LogP) is 1.65. The average Bonchev–Trinajstić information content (AvgIpc) is 2.38. The van der Waals surface area contributed by atoms with Crippen LogP contribution in [0.4, 0.5) is 5.69 Å². The Kier molecular flexibility index (Phi) is 4.15. The summed E-state index contributed by atoms with van der Waals surface area (Å²) in [5.41, 5.74) is 0.740. The summed E-state index contributed by atoms with van der Waals surface area (Å²) in [5.74, 6) is 0. The molecule has 19 heavy (non-hydrogen) atoms. The number of nitrogens with two attached hydrogens (primary N) is 1. The van der Waals surface area contributed by atoms with Crippen LogP contribution >= 0.6 is 11.6 Å². The van der Waals surface area contributed by atoms with Crippen LogP contribution in [0.3, 0.4) is 0 Å². The molecule has 2 rings (SSSR count). The van der Waals surface area contributed by atoms with Crippen LogP contribution in [-0.2, 0) is 10.0 Å². The van der Waals surface area contributed by atoms with Crippen molar-refractivity contribution in [1.82, 2.24) is 5.32 Å². The molecule has 1 aliphatic heterocycles. The Morgan fingerprint density at radius 1 is 1.53 bits per heavy atom. The molecule has 104 valence electrons. The van der Waals surface area contributed by atoms with Crippen LogP contribution < -0.4 is 15.4 Å².